The molecule has 7 heteroatoms. The number of nitrogens with zero attached hydrogens (tertiary/aromatic N) is 4. The van der Waals surface area contributed by atoms with E-state index >= 15 is 0 Å². The topological polar surface area (TPSA) is 35.6 Å². The Morgan fingerprint density at radius 1 is 1.15 bits per heavy atom. The lowest BCUT2D eigenvalue weighted by Gasteiger charge is -2.01. The van der Waals surface area contributed by atoms with Crippen LogP contribution in [0.1, 0.15) is 5.69 Å². The zero-order valence-electron chi connectivity index (χ0n) is 10.4. The van der Waals surface area contributed by atoms with E-state index < -0.39 is 0 Å². The van der Waals surface area contributed by atoms with Gasteiger partial charge < -0.3 is 9.13 Å². The number of halogens is 3. The minimum atomic E-state index is 0. The van der Waals surface area contributed by atoms with Crippen molar-refractivity contribution in [1.29, 1.82) is 0 Å². The second-order valence-electron chi connectivity index (χ2n) is 3.99. The molecule has 0 N–H and O–H groups in total. The van der Waals surface area contributed by atoms with Crippen LogP contribution in [0.25, 0.3) is 5.69 Å². The number of aromatic nitrogens is 4. The Morgan fingerprint density at radius 3 is 2.70 bits per heavy atom. The zero-order chi connectivity index (χ0) is 12.4. The molecule has 0 saturated heterocycles. The van der Waals surface area contributed by atoms with Gasteiger partial charge in [0.2, 0.25) is 0 Å². The van der Waals surface area contributed by atoms with E-state index in [1.807, 2.05) is 45.8 Å². The molecule has 106 valence electrons. The van der Waals surface area contributed by atoms with Crippen LogP contribution in [-0.2, 0) is 6.54 Å². The van der Waals surface area contributed by atoms with Gasteiger partial charge in [0.15, 0.2) is 0 Å². The van der Waals surface area contributed by atoms with Gasteiger partial charge in [0.25, 0.3) is 0 Å². The molecule has 0 aliphatic rings. The van der Waals surface area contributed by atoms with Crippen LogP contribution in [0.15, 0.2) is 55.5 Å². The molecule has 20 heavy (non-hydrogen) atoms. The van der Waals surface area contributed by atoms with E-state index in [0.29, 0.717) is 6.54 Å². The van der Waals surface area contributed by atoms with Crippen LogP contribution >= 0.6 is 36.4 Å². The van der Waals surface area contributed by atoms with Crippen LogP contribution < -0.4 is 0 Å². The molecule has 0 aliphatic carbocycles. The Balaban J connectivity index is 0.000001000. The fraction of sp³-hybridized carbons (Fsp3) is 0.0769. The highest BCUT2D eigenvalue weighted by Crippen LogP contribution is 2.15. The van der Waals surface area contributed by atoms with Crippen LogP contribution in [0.5, 0.6) is 0 Å². The van der Waals surface area contributed by atoms with Gasteiger partial charge >= 0.3 is 0 Å². The summed E-state index contributed by atoms with van der Waals surface area (Å²) in [6.07, 6.45) is 9.23. The lowest BCUT2D eigenvalue weighted by molar-refractivity contribution is 0.778. The van der Waals surface area contributed by atoms with Crippen LogP contribution in [0, 0.1) is 0 Å². The average molecular weight is 332 g/mol. The Hall–Kier alpha value is -1.49. The summed E-state index contributed by atoms with van der Waals surface area (Å²) in [6.45, 7) is 0.716. The van der Waals surface area contributed by atoms with Crippen molar-refractivity contribution in [2.75, 3.05) is 0 Å². The minimum absolute atomic E-state index is 0. The zero-order valence-corrected chi connectivity index (χ0v) is 12.8. The Kier molecular flexibility index (Phi) is 6.07. The van der Waals surface area contributed by atoms with Crippen molar-refractivity contribution >= 4 is 36.4 Å². The van der Waals surface area contributed by atoms with Gasteiger partial charge in [0.05, 0.1) is 24.9 Å². The highest BCUT2D eigenvalue weighted by molar-refractivity contribution is 6.30. The molecule has 0 radical (unpaired) electrons. The van der Waals surface area contributed by atoms with Crippen LogP contribution in [0.4, 0.5) is 0 Å². The number of hydrogen-bond acceptors (Lipinski definition) is 2. The maximum atomic E-state index is 5.97. The van der Waals surface area contributed by atoms with E-state index in [9.17, 15) is 0 Å². The Bertz CT molecular complexity index is 649. The highest BCUT2D eigenvalue weighted by atomic mass is 35.5. The Morgan fingerprint density at radius 2 is 2.00 bits per heavy atom. The second-order valence-corrected chi connectivity index (χ2v) is 4.42. The van der Waals surface area contributed by atoms with E-state index in [4.69, 9.17) is 11.6 Å². The smallest absolute Gasteiger partial charge is 0.0996 e. The van der Waals surface area contributed by atoms with Crippen molar-refractivity contribution in [3.05, 3.63) is 66.2 Å². The molecule has 2 aromatic heterocycles. The number of benzene rings is 1. The maximum absolute atomic E-state index is 5.97. The van der Waals surface area contributed by atoms with Gasteiger partial charge in [0.1, 0.15) is 0 Å². The van der Waals surface area contributed by atoms with E-state index in [0.717, 1.165) is 16.4 Å². The molecule has 1 aromatic carbocycles. The van der Waals surface area contributed by atoms with Gasteiger partial charge in [-0.25, -0.2) is 9.97 Å². The molecule has 0 bridgehead atoms. The second kappa shape index (κ2) is 7.33. The van der Waals surface area contributed by atoms with Crippen molar-refractivity contribution in [1.82, 2.24) is 19.1 Å². The molecule has 0 fully saturated rings. The summed E-state index contributed by atoms with van der Waals surface area (Å²) < 4.78 is 3.93. The summed E-state index contributed by atoms with van der Waals surface area (Å²) in [5, 5.41) is 0.720. The van der Waals surface area contributed by atoms with Gasteiger partial charge in [0, 0.05) is 29.3 Å². The SMILES string of the molecule is Cl.Cl.Clc1cccc(-n2cnc(Cn3ccnc3)c2)c1. The average Bonchev–Trinajstić information content (AvgIpc) is 3.01. The predicted molar refractivity (Wildman–Crippen MR) is 84.4 cm³/mol. The van der Waals surface area contributed by atoms with Gasteiger partial charge in [-0.2, -0.15) is 0 Å². The third kappa shape index (κ3) is 3.76. The van der Waals surface area contributed by atoms with E-state index in [1.165, 1.54) is 0 Å². The summed E-state index contributed by atoms with van der Waals surface area (Å²) in [4.78, 5) is 8.37. The van der Waals surface area contributed by atoms with E-state index in [-0.39, 0.29) is 24.8 Å². The normalized spacial score (nSPS) is 9.65. The Labute approximate surface area is 134 Å². The number of hydrogen-bond donors (Lipinski definition) is 0. The highest BCUT2D eigenvalue weighted by Gasteiger charge is 2.02. The maximum Gasteiger partial charge on any atom is 0.0996 e. The summed E-state index contributed by atoms with van der Waals surface area (Å²) >= 11 is 5.97. The van der Waals surface area contributed by atoms with Gasteiger partial charge in [-0.05, 0) is 18.2 Å². The summed E-state index contributed by atoms with van der Waals surface area (Å²) in [5.74, 6) is 0. The molecule has 4 nitrogen and oxygen atoms in total. The molecular formula is C13H13Cl3N4. The molecule has 0 saturated carbocycles. The van der Waals surface area contributed by atoms with Crippen molar-refractivity contribution in [3.8, 4) is 5.69 Å². The fourth-order valence-corrected chi connectivity index (χ4v) is 1.98. The van der Waals surface area contributed by atoms with E-state index in [1.54, 1.807) is 18.9 Å². The largest absolute Gasteiger partial charge is 0.331 e. The standard InChI is InChI=1S/C13H11ClN4.2ClH/c14-11-2-1-3-13(6-11)18-8-12(16-10-18)7-17-5-4-15-9-17;;/h1-6,8-10H,7H2;2*1H. The first-order valence-electron chi connectivity index (χ1n) is 5.56. The molecule has 0 atom stereocenters. The van der Waals surface area contributed by atoms with Crippen LogP contribution in [0.3, 0.4) is 0 Å². The lowest BCUT2D eigenvalue weighted by Crippen LogP contribution is -1.96. The number of imidazole rings is 2. The third-order valence-electron chi connectivity index (χ3n) is 2.65. The molecule has 2 heterocycles. The first-order chi connectivity index (χ1) is 8.81. The minimum Gasteiger partial charge on any atom is -0.331 e. The summed E-state index contributed by atoms with van der Waals surface area (Å²) in [7, 11) is 0. The quantitative estimate of drug-likeness (QED) is 0.735. The molecule has 3 rings (SSSR count). The summed E-state index contributed by atoms with van der Waals surface area (Å²) in [6, 6.07) is 7.68. The predicted octanol–water partition coefficient (Wildman–Crippen LogP) is 3.61. The fourth-order valence-electron chi connectivity index (χ4n) is 1.79. The molecule has 0 unspecified atom stereocenters. The molecule has 3 aromatic rings. The monoisotopic (exact) mass is 330 g/mol. The van der Waals surface area contributed by atoms with Crippen molar-refractivity contribution < 1.29 is 0 Å². The van der Waals surface area contributed by atoms with Gasteiger partial charge in [-0.1, -0.05) is 17.7 Å². The van der Waals surface area contributed by atoms with Gasteiger partial charge in [-0.15, -0.1) is 24.8 Å². The molecule has 0 amide bonds. The van der Waals surface area contributed by atoms with Crippen LogP contribution in [-0.4, -0.2) is 19.1 Å². The first kappa shape index (κ1) is 16.6. The summed E-state index contributed by atoms with van der Waals surface area (Å²) in [5.41, 5.74) is 1.99. The molecule has 0 spiro atoms. The van der Waals surface area contributed by atoms with E-state index in [2.05, 4.69) is 9.97 Å². The first-order valence-corrected chi connectivity index (χ1v) is 5.93. The molecule has 0 aliphatic heterocycles. The number of rotatable bonds is 3. The van der Waals surface area contributed by atoms with Crippen molar-refractivity contribution in [2.24, 2.45) is 0 Å². The van der Waals surface area contributed by atoms with Crippen LogP contribution in [0.2, 0.25) is 5.02 Å². The van der Waals surface area contributed by atoms with Gasteiger partial charge in [-0.3, -0.25) is 0 Å². The molecular weight excluding hydrogens is 319 g/mol. The lowest BCUT2D eigenvalue weighted by atomic mass is 10.3. The third-order valence-corrected chi connectivity index (χ3v) is 2.88. The van der Waals surface area contributed by atoms with Crippen molar-refractivity contribution in [3.63, 3.8) is 0 Å². The van der Waals surface area contributed by atoms with Crippen molar-refractivity contribution in [2.45, 2.75) is 6.54 Å².